The Kier molecular flexibility index (Phi) is 5.61. The van der Waals surface area contributed by atoms with Crippen LogP contribution in [0.5, 0.6) is 0 Å². The van der Waals surface area contributed by atoms with E-state index in [9.17, 15) is 8.42 Å². The fourth-order valence-electron chi connectivity index (χ4n) is 0.860. The van der Waals surface area contributed by atoms with Crippen LogP contribution in [-0.4, -0.2) is 32.2 Å². The molecule has 16 heavy (non-hydrogen) atoms. The predicted molar refractivity (Wildman–Crippen MR) is 66.2 cm³/mol. The van der Waals surface area contributed by atoms with Crippen LogP contribution in [0.3, 0.4) is 0 Å². The van der Waals surface area contributed by atoms with Gasteiger partial charge in [-0.1, -0.05) is 0 Å². The van der Waals surface area contributed by atoms with Crippen LogP contribution in [0.4, 0.5) is 0 Å². The minimum absolute atomic E-state index is 0.280. The predicted octanol–water partition coefficient (Wildman–Crippen LogP) is 1.49. The summed E-state index contributed by atoms with van der Waals surface area (Å²) in [6, 6.07) is 3.19. The maximum atomic E-state index is 11.8. The van der Waals surface area contributed by atoms with Gasteiger partial charge in [0.2, 0.25) is 0 Å². The van der Waals surface area contributed by atoms with Crippen molar-refractivity contribution in [3.05, 3.63) is 24.5 Å². The smallest absolute Gasteiger partial charge is 0.184 e. The molecule has 5 heteroatoms. The van der Waals surface area contributed by atoms with Gasteiger partial charge in [0.05, 0.1) is 9.64 Å². The van der Waals surface area contributed by atoms with Gasteiger partial charge in [0.15, 0.2) is 9.84 Å². The van der Waals surface area contributed by atoms with Crippen molar-refractivity contribution in [2.45, 2.75) is 30.4 Å². The van der Waals surface area contributed by atoms with Gasteiger partial charge in [0.25, 0.3) is 0 Å². The largest absolute Gasteiger partial charge is 0.323 e. The standard InChI is InChI=1S/C9H13NO2S.C2H7N/c1-9(2,3)13(11,12)8-5-4-6-10-7-8;1-3-2/h4-7H,1-3H3;3H,1-2H3. The summed E-state index contributed by atoms with van der Waals surface area (Å²) in [5.74, 6) is 0. The molecule has 0 saturated carbocycles. The minimum Gasteiger partial charge on any atom is -0.323 e. The number of pyridine rings is 1. The molecule has 1 N–H and O–H groups in total. The number of hydrogen-bond donors (Lipinski definition) is 1. The maximum absolute atomic E-state index is 11.8. The van der Waals surface area contributed by atoms with Crippen LogP contribution in [0.1, 0.15) is 20.8 Å². The summed E-state index contributed by atoms with van der Waals surface area (Å²) in [4.78, 5) is 4.07. The summed E-state index contributed by atoms with van der Waals surface area (Å²) in [5.41, 5.74) is 0. The molecule has 4 nitrogen and oxygen atoms in total. The van der Waals surface area contributed by atoms with E-state index < -0.39 is 14.6 Å². The van der Waals surface area contributed by atoms with E-state index in [0.29, 0.717) is 0 Å². The van der Waals surface area contributed by atoms with E-state index in [1.165, 1.54) is 6.20 Å². The summed E-state index contributed by atoms with van der Waals surface area (Å²) in [5, 5.41) is 2.75. The molecule has 1 aromatic heterocycles. The van der Waals surface area contributed by atoms with Crippen molar-refractivity contribution in [2.24, 2.45) is 0 Å². The number of rotatable bonds is 1. The molecular weight excluding hydrogens is 224 g/mol. The zero-order chi connectivity index (χ0) is 12.8. The highest BCUT2D eigenvalue weighted by atomic mass is 32.2. The van der Waals surface area contributed by atoms with Crippen LogP contribution in [0.25, 0.3) is 0 Å². The number of aromatic nitrogens is 1. The first-order valence-electron chi connectivity index (χ1n) is 5.00. The molecule has 0 aliphatic rings. The van der Waals surface area contributed by atoms with Crippen molar-refractivity contribution < 1.29 is 8.42 Å². The molecule has 0 spiro atoms. The van der Waals surface area contributed by atoms with Gasteiger partial charge in [-0.3, -0.25) is 4.98 Å². The van der Waals surface area contributed by atoms with Crippen molar-refractivity contribution >= 4 is 9.84 Å². The Bertz CT molecular complexity index is 394. The molecule has 0 saturated heterocycles. The van der Waals surface area contributed by atoms with Gasteiger partial charge >= 0.3 is 0 Å². The second-order valence-electron chi connectivity index (χ2n) is 4.30. The third-order valence-electron chi connectivity index (χ3n) is 1.75. The molecule has 0 aliphatic carbocycles. The molecule has 1 aromatic rings. The fourth-order valence-corrected chi connectivity index (χ4v) is 2.02. The van der Waals surface area contributed by atoms with Gasteiger partial charge in [-0.15, -0.1) is 0 Å². The summed E-state index contributed by atoms with van der Waals surface area (Å²) in [6.07, 6.45) is 2.93. The lowest BCUT2D eigenvalue weighted by molar-refractivity contribution is 0.560. The zero-order valence-electron chi connectivity index (χ0n) is 10.5. The van der Waals surface area contributed by atoms with Gasteiger partial charge in [0.1, 0.15) is 0 Å². The van der Waals surface area contributed by atoms with Crippen molar-refractivity contribution in [1.29, 1.82) is 0 Å². The van der Waals surface area contributed by atoms with Crippen molar-refractivity contribution in [2.75, 3.05) is 14.1 Å². The molecular formula is C11H20N2O2S. The van der Waals surface area contributed by atoms with Crippen molar-refractivity contribution in [3.8, 4) is 0 Å². The van der Waals surface area contributed by atoms with Crippen LogP contribution in [0, 0.1) is 0 Å². The Morgan fingerprint density at radius 1 is 1.25 bits per heavy atom. The highest BCUT2D eigenvalue weighted by Gasteiger charge is 2.30. The molecule has 0 bridgehead atoms. The van der Waals surface area contributed by atoms with E-state index in [1.54, 1.807) is 39.1 Å². The molecule has 0 aliphatic heterocycles. The molecule has 0 radical (unpaired) electrons. The number of nitrogens with one attached hydrogen (secondary N) is 1. The van der Waals surface area contributed by atoms with Crippen molar-refractivity contribution in [3.63, 3.8) is 0 Å². The SMILES string of the molecule is CC(C)(C)S(=O)(=O)c1cccnc1.CNC. The summed E-state index contributed by atoms with van der Waals surface area (Å²) < 4.78 is 22.9. The minimum atomic E-state index is -3.24. The van der Waals surface area contributed by atoms with Gasteiger partial charge in [-0.05, 0) is 47.0 Å². The lowest BCUT2D eigenvalue weighted by Gasteiger charge is -2.18. The first kappa shape index (κ1) is 15.1. The molecule has 0 amide bonds. The molecule has 0 aromatic carbocycles. The molecule has 0 fully saturated rings. The van der Waals surface area contributed by atoms with Gasteiger partial charge in [0, 0.05) is 12.4 Å². The Labute approximate surface area is 98.0 Å². The lowest BCUT2D eigenvalue weighted by Crippen LogP contribution is -2.27. The Balaban J connectivity index is 0.000000673. The maximum Gasteiger partial charge on any atom is 0.184 e. The summed E-state index contributed by atoms with van der Waals surface area (Å²) >= 11 is 0. The second kappa shape index (κ2) is 5.96. The number of hydrogen-bond acceptors (Lipinski definition) is 4. The van der Waals surface area contributed by atoms with Gasteiger partial charge in [-0.25, -0.2) is 8.42 Å². The number of sulfone groups is 1. The third kappa shape index (κ3) is 3.90. The van der Waals surface area contributed by atoms with E-state index in [1.807, 2.05) is 14.1 Å². The van der Waals surface area contributed by atoms with Crippen molar-refractivity contribution in [1.82, 2.24) is 10.3 Å². The van der Waals surface area contributed by atoms with Gasteiger partial charge in [-0.2, -0.15) is 0 Å². The molecule has 0 unspecified atom stereocenters. The van der Waals surface area contributed by atoms with E-state index in [-0.39, 0.29) is 4.90 Å². The first-order chi connectivity index (χ1) is 7.27. The third-order valence-corrected chi connectivity index (χ3v) is 4.23. The van der Waals surface area contributed by atoms with Crippen LogP contribution < -0.4 is 5.32 Å². The molecule has 1 heterocycles. The van der Waals surface area contributed by atoms with Crippen LogP contribution in [0.15, 0.2) is 29.4 Å². The first-order valence-corrected chi connectivity index (χ1v) is 6.49. The Morgan fingerprint density at radius 2 is 1.75 bits per heavy atom. The van der Waals surface area contributed by atoms with Crippen LogP contribution >= 0.6 is 0 Å². The molecule has 1 rings (SSSR count). The molecule has 0 atom stereocenters. The second-order valence-corrected chi connectivity index (χ2v) is 7.01. The topological polar surface area (TPSA) is 59.1 Å². The highest BCUT2D eigenvalue weighted by Crippen LogP contribution is 2.23. The van der Waals surface area contributed by atoms with Gasteiger partial charge < -0.3 is 5.32 Å². The summed E-state index contributed by atoms with van der Waals surface area (Å²) in [6.45, 7) is 5.03. The van der Waals surface area contributed by atoms with E-state index in [4.69, 9.17) is 0 Å². The number of nitrogens with zero attached hydrogens (tertiary/aromatic N) is 1. The Morgan fingerprint density at radius 3 is 2.06 bits per heavy atom. The normalized spacial score (nSPS) is 11.6. The van der Waals surface area contributed by atoms with Crippen LogP contribution in [-0.2, 0) is 9.84 Å². The zero-order valence-corrected chi connectivity index (χ0v) is 11.3. The lowest BCUT2D eigenvalue weighted by atomic mass is 10.3. The van der Waals surface area contributed by atoms with Crippen LogP contribution in [0.2, 0.25) is 0 Å². The molecule has 92 valence electrons. The summed E-state index contributed by atoms with van der Waals surface area (Å²) in [7, 11) is 0.511. The van der Waals surface area contributed by atoms with E-state index >= 15 is 0 Å². The average molecular weight is 244 g/mol. The quantitative estimate of drug-likeness (QED) is 0.813. The van der Waals surface area contributed by atoms with E-state index in [0.717, 1.165) is 0 Å². The van der Waals surface area contributed by atoms with E-state index in [2.05, 4.69) is 10.3 Å². The average Bonchev–Trinajstić information content (AvgIpc) is 2.18. The fraction of sp³-hybridized carbons (Fsp3) is 0.545. The Hall–Kier alpha value is -0.940. The monoisotopic (exact) mass is 244 g/mol. The highest BCUT2D eigenvalue weighted by molar-refractivity contribution is 7.92.